The Morgan fingerprint density at radius 3 is 1.26 bits per heavy atom. The fourth-order valence-corrected chi connectivity index (χ4v) is 4.49. The van der Waals surface area contributed by atoms with Gasteiger partial charge in [-0.25, -0.2) is 0 Å². The molecule has 0 aromatic carbocycles. The molecule has 102 valence electrons. The summed E-state index contributed by atoms with van der Waals surface area (Å²) < 4.78 is 0. The van der Waals surface area contributed by atoms with Gasteiger partial charge in [-0.3, -0.25) is 0 Å². The molecule has 0 amide bonds. The van der Waals surface area contributed by atoms with Crippen LogP contribution in [0.4, 0.5) is 0 Å². The molecule has 0 spiro atoms. The van der Waals surface area contributed by atoms with E-state index in [0.717, 1.165) is 5.75 Å². The van der Waals surface area contributed by atoms with Crippen LogP contribution in [0.15, 0.2) is 65.6 Å². The lowest BCUT2D eigenvalue weighted by Crippen LogP contribution is -1.62. The molecule has 0 aromatic rings. The van der Waals surface area contributed by atoms with E-state index in [4.69, 9.17) is 0 Å². The van der Waals surface area contributed by atoms with Gasteiger partial charge in [0, 0.05) is 5.75 Å². The molecule has 1 heterocycles. The molecule has 0 aromatic heterocycles. The van der Waals surface area contributed by atoms with Crippen LogP contribution in [0.5, 0.6) is 0 Å². The Bertz CT molecular complexity index is 343. The van der Waals surface area contributed by atoms with Crippen molar-refractivity contribution < 1.29 is 0 Å². The highest BCUT2D eigenvalue weighted by Gasteiger charge is 1.79. The summed E-state index contributed by atoms with van der Waals surface area (Å²) in [5, 5.41) is 23.0. The topological polar surface area (TPSA) is 0 Å². The van der Waals surface area contributed by atoms with E-state index in [2.05, 4.69) is 65.6 Å². The van der Waals surface area contributed by atoms with Gasteiger partial charge in [0.05, 0.1) is 0 Å². The average molecular weight is 363 g/mol. The molecule has 0 saturated carbocycles. The van der Waals surface area contributed by atoms with Crippen LogP contribution in [0, 0.1) is 0 Å². The fraction of sp³-hybridized carbons (Fsp3) is 0.0769. The second-order valence-electron chi connectivity index (χ2n) is 2.75. The van der Waals surface area contributed by atoms with Gasteiger partial charge in [0.25, 0.3) is 0 Å². The van der Waals surface area contributed by atoms with E-state index in [0.29, 0.717) is 0 Å². The highest BCUT2D eigenvalue weighted by atomic mass is 32.2. The third kappa shape index (κ3) is 13.3. The summed E-state index contributed by atoms with van der Waals surface area (Å²) >= 11 is 10.3. The predicted octanol–water partition coefficient (Wildman–Crippen LogP) is 7.27. The lowest BCUT2D eigenvalue weighted by molar-refractivity contribution is 1.82. The molecule has 0 aliphatic carbocycles. The fourth-order valence-electron chi connectivity index (χ4n) is 0.761. The smallest absolute Gasteiger partial charge is 0.0163 e. The minimum Gasteiger partial charge on any atom is -0.129 e. The summed E-state index contributed by atoms with van der Waals surface area (Å²) in [7, 11) is 0. The minimum atomic E-state index is 1.02. The summed E-state index contributed by atoms with van der Waals surface area (Å²) in [6.45, 7) is 0. The highest BCUT2D eigenvalue weighted by molar-refractivity contribution is 8.11. The molecule has 0 atom stereocenters. The van der Waals surface area contributed by atoms with E-state index in [1.807, 2.05) is 0 Å². The monoisotopic (exact) mass is 362 g/mol. The van der Waals surface area contributed by atoms with Crippen molar-refractivity contribution in [2.75, 3.05) is 5.75 Å². The van der Waals surface area contributed by atoms with Gasteiger partial charge in [-0.15, -0.1) is 70.6 Å². The maximum atomic E-state index is 2.18. The first kappa shape index (κ1) is 17.6. The molecule has 6 heteroatoms. The first-order valence-corrected chi connectivity index (χ1v) is 11.1. The van der Waals surface area contributed by atoms with E-state index in [1.165, 1.54) is 0 Å². The summed E-state index contributed by atoms with van der Waals surface area (Å²) in [5.74, 6) is 1.02. The second-order valence-corrected chi connectivity index (χ2v) is 7.77. The average Bonchev–Trinajstić information content (AvgIpc) is 2.43. The Labute approximate surface area is 141 Å². The van der Waals surface area contributed by atoms with Gasteiger partial charge in [0.15, 0.2) is 0 Å². The molecule has 1 aliphatic heterocycles. The van der Waals surface area contributed by atoms with Crippen LogP contribution in [0.25, 0.3) is 0 Å². The lowest BCUT2D eigenvalue weighted by Gasteiger charge is -1.87. The minimum absolute atomic E-state index is 1.02. The molecule has 0 nitrogen and oxygen atoms in total. The van der Waals surface area contributed by atoms with Crippen molar-refractivity contribution in [3.8, 4) is 0 Å². The SMILES string of the molecule is C1=C\S/C=C/S/C=C/S/C=C\S/C=C/S/C=C/SC/1. The van der Waals surface area contributed by atoms with Crippen molar-refractivity contribution in [3.05, 3.63) is 65.6 Å². The third-order valence-electron chi connectivity index (χ3n) is 1.45. The maximum Gasteiger partial charge on any atom is 0.0163 e. The van der Waals surface area contributed by atoms with Gasteiger partial charge >= 0.3 is 0 Å². The molecular formula is C13H14S6. The van der Waals surface area contributed by atoms with Crippen LogP contribution in [0.1, 0.15) is 0 Å². The number of thioether (sulfide) groups is 6. The maximum absolute atomic E-state index is 2.18. The van der Waals surface area contributed by atoms with Crippen molar-refractivity contribution >= 4 is 70.6 Å². The molecule has 0 N–H and O–H groups in total. The van der Waals surface area contributed by atoms with Crippen LogP contribution in [-0.2, 0) is 0 Å². The molecule has 0 fully saturated rings. The van der Waals surface area contributed by atoms with Crippen LogP contribution in [0.3, 0.4) is 0 Å². The molecule has 0 radical (unpaired) electrons. The van der Waals surface area contributed by atoms with Crippen LogP contribution in [-0.4, -0.2) is 5.75 Å². The second kappa shape index (κ2) is 14.9. The normalized spacial score (nSPS) is 29.1. The van der Waals surface area contributed by atoms with E-state index in [-0.39, 0.29) is 0 Å². The Kier molecular flexibility index (Phi) is 13.8. The van der Waals surface area contributed by atoms with Gasteiger partial charge in [-0.05, 0) is 59.5 Å². The first-order valence-electron chi connectivity index (χ1n) is 5.29. The van der Waals surface area contributed by atoms with Crippen LogP contribution >= 0.6 is 70.6 Å². The third-order valence-corrected chi connectivity index (χ3v) is 6.01. The quantitative estimate of drug-likeness (QED) is 0.441. The zero-order chi connectivity index (χ0) is 13.4. The highest BCUT2D eigenvalue weighted by Crippen LogP contribution is 2.18. The van der Waals surface area contributed by atoms with Crippen molar-refractivity contribution in [2.45, 2.75) is 0 Å². The van der Waals surface area contributed by atoms with Gasteiger partial charge in [-0.1, -0.05) is 6.08 Å². The number of rotatable bonds is 0. The largest absolute Gasteiger partial charge is 0.129 e. The first-order chi connectivity index (χ1) is 9.50. The molecule has 1 aliphatic rings. The van der Waals surface area contributed by atoms with Crippen molar-refractivity contribution in [1.29, 1.82) is 0 Å². The molecular weight excluding hydrogens is 349 g/mol. The Morgan fingerprint density at radius 2 is 0.789 bits per heavy atom. The number of hydrogen-bond acceptors (Lipinski definition) is 6. The number of hydrogen-bond donors (Lipinski definition) is 0. The predicted molar refractivity (Wildman–Crippen MR) is 105 cm³/mol. The molecule has 1 rings (SSSR count). The summed E-state index contributed by atoms with van der Waals surface area (Å²) in [5.41, 5.74) is 0. The van der Waals surface area contributed by atoms with Crippen molar-refractivity contribution in [3.63, 3.8) is 0 Å². The van der Waals surface area contributed by atoms with Gasteiger partial charge in [0.1, 0.15) is 0 Å². The van der Waals surface area contributed by atoms with Crippen molar-refractivity contribution in [1.82, 2.24) is 0 Å². The summed E-state index contributed by atoms with van der Waals surface area (Å²) in [6.07, 6.45) is 2.18. The zero-order valence-corrected chi connectivity index (χ0v) is 15.0. The summed E-state index contributed by atoms with van der Waals surface area (Å²) in [4.78, 5) is 0. The van der Waals surface area contributed by atoms with Gasteiger partial charge in [-0.2, -0.15) is 0 Å². The van der Waals surface area contributed by atoms with E-state index < -0.39 is 0 Å². The van der Waals surface area contributed by atoms with E-state index >= 15 is 0 Å². The van der Waals surface area contributed by atoms with Crippen molar-refractivity contribution in [2.24, 2.45) is 0 Å². The standard InChI is InChI=1S/C13H14S6/c1-2-14-4-6-16-8-10-18-12-13-19-11-9-17-7-5-15-3-1/h1-2,4-13H,3H2/b2-1-,6-4+,7-5+,10-8+,11-9+,13-12-. The zero-order valence-electron chi connectivity index (χ0n) is 10.1. The lowest BCUT2D eigenvalue weighted by atomic mass is 10.8. The summed E-state index contributed by atoms with van der Waals surface area (Å²) in [6, 6.07) is 0. The molecule has 0 unspecified atom stereocenters. The van der Waals surface area contributed by atoms with Crippen LogP contribution < -0.4 is 0 Å². The Morgan fingerprint density at radius 1 is 0.421 bits per heavy atom. The Balaban J connectivity index is 2.38. The molecule has 0 saturated heterocycles. The van der Waals surface area contributed by atoms with Gasteiger partial charge in [0.2, 0.25) is 0 Å². The molecule has 0 bridgehead atoms. The van der Waals surface area contributed by atoms with E-state index in [1.54, 1.807) is 70.6 Å². The van der Waals surface area contributed by atoms with Crippen LogP contribution in [0.2, 0.25) is 0 Å². The molecule has 19 heavy (non-hydrogen) atoms. The van der Waals surface area contributed by atoms with Gasteiger partial charge < -0.3 is 0 Å². The Hall–Kier alpha value is 0.540. The van der Waals surface area contributed by atoms with E-state index in [9.17, 15) is 0 Å².